The minimum absolute atomic E-state index is 0.0470. The Morgan fingerprint density at radius 1 is 0.638 bits per heavy atom. The van der Waals surface area contributed by atoms with Crippen molar-refractivity contribution in [2.24, 2.45) is 17.6 Å². The van der Waals surface area contributed by atoms with Gasteiger partial charge in [-0.3, -0.25) is 24.0 Å². The van der Waals surface area contributed by atoms with Crippen LogP contribution in [0.25, 0.3) is 0 Å². The van der Waals surface area contributed by atoms with Gasteiger partial charge in [-0.1, -0.05) is 70.2 Å². The second-order valence-electron chi connectivity index (χ2n) is 12.1. The molecule has 2 aromatic carbocycles. The Hall–Kier alpha value is -4.98. The van der Waals surface area contributed by atoms with Crippen LogP contribution >= 0.6 is 0 Å². The fraction of sp³-hybridized carbons (Fsp3) is 0.455. The van der Waals surface area contributed by atoms with Gasteiger partial charge in [0.2, 0.25) is 23.6 Å². The van der Waals surface area contributed by atoms with E-state index in [0.29, 0.717) is 11.1 Å². The van der Waals surface area contributed by atoms with Crippen molar-refractivity contribution in [3.63, 3.8) is 0 Å². The molecule has 5 atom stereocenters. The molecule has 0 aliphatic heterocycles. The molecule has 14 heteroatoms. The molecule has 2 rings (SSSR count). The van der Waals surface area contributed by atoms with Crippen molar-refractivity contribution >= 4 is 35.6 Å². The molecule has 0 unspecified atom stereocenters. The van der Waals surface area contributed by atoms with Gasteiger partial charge in [-0.15, -0.1) is 0 Å². The van der Waals surface area contributed by atoms with Gasteiger partial charge in [0.25, 0.3) is 0 Å². The number of phenols is 1. The van der Waals surface area contributed by atoms with Gasteiger partial charge in [-0.05, 0) is 41.5 Å². The first-order valence-electron chi connectivity index (χ1n) is 15.3. The maximum absolute atomic E-state index is 13.5. The zero-order valence-corrected chi connectivity index (χ0v) is 26.9. The predicted molar refractivity (Wildman–Crippen MR) is 172 cm³/mol. The lowest BCUT2D eigenvalue weighted by atomic mass is 10.00. The highest BCUT2D eigenvalue weighted by atomic mass is 16.4. The molecule has 0 saturated heterocycles. The number of aliphatic carboxylic acids is 2. The summed E-state index contributed by atoms with van der Waals surface area (Å²) in [5.74, 6) is -6.40. The summed E-state index contributed by atoms with van der Waals surface area (Å²) in [5.41, 5.74) is 7.06. The third-order valence-electron chi connectivity index (χ3n) is 7.28. The van der Waals surface area contributed by atoms with Crippen LogP contribution in [0.3, 0.4) is 0 Å². The Bertz CT molecular complexity index is 1380. The molecule has 9 N–H and O–H groups in total. The SMILES string of the molecule is CC(C)C[C@H](NC(=O)[C@@H](N)C(C)C)C(=O)N[C@@H](CC(=O)O)C(=O)N[C@@H](Cc1ccc(O)cc1)C(=O)N[C@@H](Cc1ccccc1)C(=O)O. The lowest BCUT2D eigenvalue weighted by molar-refractivity contribution is -0.143. The van der Waals surface area contributed by atoms with E-state index >= 15 is 0 Å². The highest BCUT2D eigenvalue weighted by Crippen LogP contribution is 2.13. The molecule has 0 fully saturated rings. The van der Waals surface area contributed by atoms with Crippen LogP contribution in [0.2, 0.25) is 0 Å². The zero-order valence-electron chi connectivity index (χ0n) is 26.9. The van der Waals surface area contributed by atoms with Crippen LogP contribution < -0.4 is 27.0 Å². The van der Waals surface area contributed by atoms with E-state index in [9.17, 15) is 44.1 Å². The van der Waals surface area contributed by atoms with Crippen LogP contribution in [-0.2, 0) is 41.6 Å². The molecule has 256 valence electrons. The molecule has 47 heavy (non-hydrogen) atoms. The third-order valence-corrected chi connectivity index (χ3v) is 7.28. The monoisotopic (exact) mass is 655 g/mol. The van der Waals surface area contributed by atoms with Crippen LogP contribution in [-0.4, -0.2) is 81.1 Å². The number of aromatic hydroxyl groups is 1. The number of carbonyl (C=O) groups excluding carboxylic acids is 4. The fourth-order valence-corrected chi connectivity index (χ4v) is 4.60. The predicted octanol–water partition coefficient (Wildman–Crippen LogP) is 0.705. The van der Waals surface area contributed by atoms with Gasteiger partial charge in [0.15, 0.2) is 0 Å². The van der Waals surface area contributed by atoms with Gasteiger partial charge >= 0.3 is 11.9 Å². The Morgan fingerprint density at radius 3 is 1.64 bits per heavy atom. The summed E-state index contributed by atoms with van der Waals surface area (Å²) in [6, 6.07) is 7.82. The van der Waals surface area contributed by atoms with E-state index in [1.807, 2.05) is 13.8 Å². The number of carbonyl (C=O) groups is 6. The van der Waals surface area contributed by atoms with E-state index in [-0.39, 0.29) is 36.8 Å². The lowest BCUT2D eigenvalue weighted by Crippen LogP contribution is -2.59. The summed E-state index contributed by atoms with van der Waals surface area (Å²) in [4.78, 5) is 76.8. The first kappa shape index (κ1) is 38.2. The van der Waals surface area contributed by atoms with Crippen molar-refractivity contribution < 1.29 is 44.1 Å². The summed E-state index contributed by atoms with van der Waals surface area (Å²) in [6.07, 6.45) is -0.913. The van der Waals surface area contributed by atoms with Crippen molar-refractivity contribution in [3.8, 4) is 5.75 Å². The summed E-state index contributed by atoms with van der Waals surface area (Å²) in [5, 5.41) is 38.9. The number of rotatable bonds is 18. The van der Waals surface area contributed by atoms with Crippen molar-refractivity contribution in [3.05, 3.63) is 65.7 Å². The average molecular weight is 656 g/mol. The zero-order chi connectivity index (χ0) is 35.3. The van der Waals surface area contributed by atoms with E-state index in [2.05, 4.69) is 21.3 Å². The van der Waals surface area contributed by atoms with Crippen LogP contribution in [0.4, 0.5) is 0 Å². The fourth-order valence-electron chi connectivity index (χ4n) is 4.60. The first-order chi connectivity index (χ1) is 22.1. The molecule has 0 heterocycles. The molecule has 0 saturated carbocycles. The van der Waals surface area contributed by atoms with Gasteiger partial charge in [0.05, 0.1) is 12.5 Å². The van der Waals surface area contributed by atoms with E-state index < -0.39 is 72.2 Å². The number of carboxylic acids is 2. The molecule has 0 spiro atoms. The first-order valence-corrected chi connectivity index (χ1v) is 15.3. The second-order valence-corrected chi connectivity index (χ2v) is 12.1. The van der Waals surface area contributed by atoms with E-state index in [1.165, 1.54) is 24.3 Å². The molecule has 0 bridgehead atoms. The maximum Gasteiger partial charge on any atom is 0.326 e. The van der Waals surface area contributed by atoms with E-state index in [0.717, 1.165) is 0 Å². The van der Waals surface area contributed by atoms with Crippen molar-refractivity contribution in [2.75, 3.05) is 0 Å². The van der Waals surface area contributed by atoms with Crippen LogP contribution in [0.5, 0.6) is 5.75 Å². The number of hydrogen-bond acceptors (Lipinski definition) is 8. The summed E-state index contributed by atoms with van der Waals surface area (Å²) >= 11 is 0. The Balaban J connectivity index is 2.33. The molecular formula is C33H45N5O9. The van der Waals surface area contributed by atoms with Crippen LogP contribution in [0, 0.1) is 11.8 Å². The number of phenolic OH excluding ortho intramolecular Hbond substituents is 1. The number of hydrogen-bond donors (Lipinski definition) is 8. The normalized spacial score (nSPS) is 14.3. The van der Waals surface area contributed by atoms with E-state index in [4.69, 9.17) is 5.73 Å². The van der Waals surface area contributed by atoms with Crippen LogP contribution in [0.1, 0.15) is 51.7 Å². The largest absolute Gasteiger partial charge is 0.508 e. The average Bonchev–Trinajstić information content (AvgIpc) is 3.00. The number of carboxylic acid groups (broad SMARTS) is 2. The van der Waals surface area contributed by atoms with Gasteiger partial charge < -0.3 is 42.3 Å². The topological polar surface area (TPSA) is 237 Å². The van der Waals surface area contributed by atoms with Crippen LogP contribution in [0.15, 0.2) is 54.6 Å². The number of amides is 4. The van der Waals surface area contributed by atoms with Crippen molar-refractivity contribution in [1.29, 1.82) is 0 Å². The molecular weight excluding hydrogens is 610 g/mol. The van der Waals surface area contributed by atoms with Gasteiger partial charge in [-0.25, -0.2) is 4.79 Å². The van der Waals surface area contributed by atoms with Crippen molar-refractivity contribution in [1.82, 2.24) is 21.3 Å². The van der Waals surface area contributed by atoms with Gasteiger partial charge in [-0.2, -0.15) is 0 Å². The molecule has 14 nitrogen and oxygen atoms in total. The van der Waals surface area contributed by atoms with Gasteiger partial charge in [0.1, 0.15) is 29.9 Å². The molecule has 0 aromatic heterocycles. The molecule has 0 radical (unpaired) electrons. The Labute approximate surface area is 273 Å². The third kappa shape index (κ3) is 13.1. The maximum atomic E-state index is 13.5. The number of benzene rings is 2. The Morgan fingerprint density at radius 2 is 1.11 bits per heavy atom. The van der Waals surface area contributed by atoms with Gasteiger partial charge in [0, 0.05) is 12.8 Å². The minimum atomic E-state index is -1.67. The number of nitrogens with one attached hydrogen (secondary N) is 4. The second kappa shape index (κ2) is 18.2. The highest BCUT2D eigenvalue weighted by molar-refractivity contribution is 5.97. The number of nitrogens with two attached hydrogens (primary N) is 1. The van der Waals surface area contributed by atoms with E-state index in [1.54, 1.807) is 44.2 Å². The quantitative estimate of drug-likeness (QED) is 0.112. The van der Waals surface area contributed by atoms with Crippen molar-refractivity contribution in [2.45, 2.75) is 83.6 Å². The summed E-state index contributed by atoms with van der Waals surface area (Å²) < 4.78 is 0. The molecule has 0 aliphatic rings. The molecule has 4 amide bonds. The highest BCUT2D eigenvalue weighted by Gasteiger charge is 2.33. The lowest BCUT2D eigenvalue weighted by Gasteiger charge is -2.27. The standard InChI is InChI=1S/C33H45N5O9/c1-18(2)14-23(37-32(45)28(34)19(3)4)29(42)36-25(17-27(40)41)31(44)35-24(15-21-10-12-22(39)13-11-21)30(43)38-26(33(46)47)16-20-8-6-5-7-9-20/h5-13,18-19,23-26,28,39H,14-17,34H2,1-4H3,(H,35,44)(H,36,42)(H,37,45)(H,38,43)(H,40,41)(H,46,47)/t23-,24-,25-,26-,28-/m0/s1. The molecule has 2 aromatic rings. The summed E-state index contributed by atoms with van der Waals surface area (Å²) in [7, 11) is 0. The summed E-state index contributed by atoms with van der Waals surface area (Å²) in [6.45, 7) is 7.09. The smallest absolute Gasteiger partial charge is 0.326 e. The Kier molecular flexibility index (Phi) is 14.8. The molecule has 0 aliphatic carbocycles. The minimum Gasteiger partial charge on any atom is -0.508 e.